The molecule has 0 saturated carbocycles. The maximum absolute atomic E-state index is 13.1. The Morgan fingerprint density at radius 3 is 1.97 bits per heavy atom. The first-order valence-electron chi connectivity index (χ1n) is 10.1. The first-order valence-corrected chi connectivity index (χ1v) is 10.1. The number of nitrogens with one attached hydrogen (secondary N) is 1. The van der Waals surface area contributed by atoms with Crippen molar-refractivity contribution in [2.45, 2.75) is 26.2 Å². The lowest BCUT2D eigenvalue weighted by molar-refractivity contribution is -0.138. The lowest BCUT2D eigenvalue weighted by Gasteiger charge is -2.14. The van der Waals surface area contributed by atoms with Crippen molar-refractivity contribution in [3.63, 3.8) is 0 Å². The van der Waals surface area contributed by atoms with Crippen molar-refractivity contribution in [1.82, 2.24) is 9.78 Å². The SMILES string of the molecule is CC1=NN(c2cccc(C(F)(F)F)c2)C(=O)/C1=C/c1c(C)[nH]n(-c2cccc(C(F)(F)F)c2)c1=O. The fraction of sp³-hybridized carbons (Fsp3) is 0.174. The molecule has 1 aliphatic rings. The van der Waals surface area contributed by atoms with Crippen LogP contribution in [-0.4, -0.2) is 21.4 Å². The highest BCUT2D eigenvalue weighted by molar-refractivity contribution is 6.32. The molecular weight excluding hydrogens is 478 g/mol. The van der Waals surface area contributed by atoms with Gasteiger partial charge in [-0.25, -0.2) is 4.68 Å². The maximum atomic E-state index is 13.1. The minimum absolute atomic E-state index is 0.00814. The third-order valence-corrected chi connectivity index (χ3v) is 5.32. The summed E-state index contributed by atoms with van der Waals surface area (Å²) in [5, 5.41) is 7.50. The zero-order valence-electron chi connectivity index (χ0n) is 18.1. The first kappa shape index (κ1) is 24.0. The van der Waals surface area contributed by atoms with Crippen LogP contribution in [0.25, 0.3) is 11.8 Å². The van der Waals surface area contributed by atoms with Crippen molar-refractivity contribution >= 4 is 23.4 Å². The van der Waals surface area contributed by atoms with Gasteiger partial charge in [-0.2, -0.15) is 36.5 Å². The zero-order valence-corrected chi connectivity index (χ0v) is 18.1. The Labute approximate surface area is 193 Å². The Balaban J connectivity index is 1.72. The monoisotopic (exact) mass is 494 g/mol. The summed E-state index contributed by atoms with van der Waals surface area (Å²) in [7, 11) is 0. The van der Waals surface area contributed by atoms with Gasteiger partial charge in [0.2, 0.25) is 0 Å². The molecule has 0 bridgehead atoms. The summed E-state index contributed by atoms with van der Waals surface area (Å²) in [6.07, 6.45) is -8.01. The molecule has 0 aliphatic carbocycles. The number of hydrogen-bond acceptors (Lipinski definition) is 3. The molecule has 6 nitrogen and oxygen atoms in total. The lowest BCUT2D eigenvalue weighted by atomic mass is 10.1. The standard InChI is InChI=1S/C23H16F6N4O2/c1-12-18(20(34)32(30-12)16-7-3-5-14(9-16)22(24,25)26)11-19-13(2)31-33(21(19)35)17-8-4-6-15(10-17)23(27,28)29/h3-11,30H,1-2H3/b19-11+. The minimum Gasteiger partial charge on any atom is -0.295 e. The number of benzene rings is 2. The quantitative estimate of drug-likeness (QED) is 0.396. The van der Waals surface area contributed by atoms with Gasteiger partial charge in [0.25, 0.3) is 11.5 Å². The molecule has 1 amide bonds. The van der Waals surface area contributed by atoms with Crippen LogP contribution < -0.4 is 10.6 Å². The molecule has 182 valence electrons. The summed E-state index contributed by atoms with van der Waals surface area (Å²) in [6, 6.07) is 8.20. The van der Waals surface area contributed by atoms with E-state index in [1.165, 1.54) is 32.1 Å². The molecule has 3 aromatic rings. The van der Waals surface area contributed by atoms with E-state index in [0.717, 1.165) is 46.1 Å². The number of anilines is 1. The van der Waals surface area contributed by atoms with Gasteiger partial charge in [0.05, 0.1) is 39.3 Å². The number of aromatic amines is 1. The molecule has 1 aliphatic heterocycles. The number of carbonyl (C=O) groups excluding carboxylic acids is 1. The first-order chi connectivity index (χ1) is 16.3. The Kier molecular flexibility index (Phi) is 5.70. The molecule has 2 aromatic carbocycles. The number of amides is 1. The van der Waals surface area contributed by atoms with E-state index < -0.39 is 34.9 Å². The molecule has 0 fully saturated rings. The highest BCUT2D eigenvalue weighted by Crippen LogP contribution is 2.33. The second-order valence-electron chi connectivity index (χ2n) is 7.75. The van der Waals surface area contributed by atoms with Gasteiger partial charge in [-0.05, 0) is 56.3 Å². The molecule has 2 heterocycles. The van der Waals surface area contributed by atoms with E-state index in [0.29, 0.717) is 0 Å². The number of hydrogen-bond donors (Lipinski definition) is 1. The highest BCUT2D eigenvalue weighted by atomic mass is 19.4. The molecule has 4 rings (SSSR count). The zero-order chi connectivity index (χ0) is 25.7. The molecular formula is C23H16F6N4O2. The van der Waals surface area contributed by atoms with Gasteiger partial charge >= 0.3 is 12.4 Å². The molecule has 35 heavy (non-hydrogen) atoms. The number of alkyl halides is 6. The smallest absolute Gasteiger partial charge is 0.295 e. The van der Waals surface area contributed by atoms with Crippen LogP contribution >= 0.6 is 0 Å². The van der Waals surface area contributed by atoms with Crippen molar-refractivity contribution in [1.29, 1.82) is 0 Å². The van der Waals surface area contributed by atoms with Gasteiger partial charge in [-0.3, -0.25) is 14.7 Å². The van der Waals surface area contributed by atoms with E-state index in [4.69, 9.17) is 0 Å². The summed E-state index contributed by atoms with van der Waals surface area (Å²) in [6.45, 7) is 2.94. The topological polar surface area (TPSA) is 70.5 Å². The molecule has 0 atom stereocenters. The Hall–Kier alpha value is -4.09. The van der Waals surface area contributed by atoms with Crippen LogP contribution in [0.4, 0.5) is 32.0 Å². The van der Waals surface area contributed by atoms with Crippen molar-refractivity contribution in [2.75, 3.05) is 5.01 Å². The summed E-state index contributed by atoms with van der Waals surface area (Å²) >= 11 is 0. The highest BCUT2D eigenvalue weighted by Gasteiger charge is 2.34. The third kappa shape index (κ3) is 4.51. The van der Waals surface area contributed by atoms with Crippen LogP contribution in [0, 0.1) is 6.92 Å². The summed E-state index contributed by atoms with van der Waals surface area (Å²) in [5.74, 6) is -0.757. The molecule has 1 aromatic heterocycles. The third-order valence-electron chi connectivity index (χ3n) is 5.32. The van der Waals surface area contributed by atoms with Crippen molar-refractivity contribution in [3.8, 4) is 5.69 Å². The van der Waals surface area contributed by atoms with Crippen LogP contribution in [0.2, 0.25) is 0 Å². The van der Waals surface area contributed by atoms with E-state index >= 15 is 0 Å². The second kappa shape index (κ2) is 8.29. The van der Waals surface area contributed by atoms with Gasteiger partial charge in [0.1, 0.15) is 0 Å². The van der Waals surface area contributed by atoms with Gasteiger partial charge in [-0.1, -0.05) is 12.1 Å². The van der Waals surface area contributed by atoms with Gasteiger partial charge in [0.15, 0.2) is 0 Å². The minimum atomic E-state index is -4.62. The van der Waals surface area contributed by atoms with Crippen molar-refractivity contribution < 1.29 is 31.1 Å². The number of aromatic nitrogens is 2. The van der Waals surface area contributed by atoms with E-state index in [9.17, 15) is 35.9 Å². The average molecular weight is 494 g/mol. The van der Waals surface area contributed by atoms with Crippen LogP contribution in [0.15, 0.2) is 64.0 Å². The number of hydrazone groups is 1. The molecule has 0 radical (unpaired) electrons. The summed E-state index contributed by atoms with van der Waals surface area (Å²) < 4.78 is 79.3. The molecule has 0 unspecified atom stereocenters. The number of nitrogens with zero attached hydrogens (tertiary/aromatic N) is 3. The molecule has 0 saturated heterocycles. The van der Waals surface area contributed by atoms with Crippen LogP contribution in [0.5, 0.6) is 0 Å². The molecule has 0 spiro atoms. The summed E-state index contributed by atoms with van der Waals surface area (Å²) in [4.78, 5) is 25.9. The van der Waals surface area contributed by atoms with E-state index in [1.807, 2.05) is 0 Å². The van der Waals surface area contributed by atoms with Gasteiger partial charge in [0, 0.05) is 5.69 Å². The largest absolute Gasteiger partial charge is 0.416 e. The summed E-state index contributed by atoms with van der Waals surface area (Å²) in [5.41, 5.74) is -2.43. The molecule has 12 heteroatoms. The predicted octanol–water partition coefficient (Wildman–Crippen LogP) is 5.32. The molecule has 1 N–H and O–H groups in total. The fourth-order valence-electron chi connectivity index (χ4n) is 3.55. The fourth-order valence-corrected chi connectivity index (χ4v) is 3.55. The second-order valence-corrected chi connectivity index (χ2v) is 7.75. The number of H-pyrrole nitrogens is 1. The predicted molar refractivity (Wildman–Crippen MR) is 116 cm³/mol. The van der Waals surface area contributed by atoms with Crippen molar-refractivity contribution in [2.24, 2.45) is 5.10 Å². The van der Waals surface area contributed by atoms with Crippen LogP contribution in [0.1, 0.15) is 29.3 Å². The number of aryl methyl sites for hydroxylation is 1. The van der Waals surface area contributed by atoms with E-state index in [-0.39, 0.29) is 33.9 Å². The van der Waals surface area contributed by atoms with E-state index in [1.54, 1.807) is 0 Å². The van der Waals surface area contributed by atoms with Crippen molar-refractivity contribution in [3.05, 3.63) is 86.8 Å². The average Bonchev–Trinajstić information content (AvgIpc) is 3.23. The van der Waals surface area contributed by atoms with Gasteiger partial charge < -0.3 is 0 Å². The lowest BCUT2D eigenvalue weighted by Crippen LogP contribution is -2.22. The normalized spacial score (nSPS) is 15.8. The van der Waals surface area contributed by atoms with E-state index in [2.05, 4.69) is 10.2 Å². The number of carbonyl (C=O) groups is 1. The Morgan fingerprint density at radius 2 is 1.40 bits per heavy atom. The number of rotatable bonds is 3. The number of halogens is 6. The maximum Gasteiger partial charge on any atom is 0.416 e. The van der Waals surface area contributed by atoms with Crippen LogP contribution in [-0.2, 0) is 17.1 Å². The Morgan fingerprint density at radius 1 is 0.857 bits per heavy atom. The van der Waals surface area contributed by atoms with Crippen LogP contribution in [0.3, 0.4) is 0 Å². The van der Waals surface area contributed by atoms with Gasteiger partial charge in [-0.15, -0.1) is 0 Å². The Bertz CT molecular complexity index is 1440.